The van der Waals surface area contributed by atoms with Gasteiger partial charge in [-0.3, -0.25) is 9.36 Å². The predicted octanol–water partition coefficient (Wildman–Crippen LogP) is 6.03. The molecule has 0 atom stereocenters. The number of rotatable bonds is 6. The summed E-state index contributed by atoms with van der Waals surface area (Å²) in [6.45, 7) is 8.10. The third-order valence-electron chi connectivity index (χ3n) is 6.06. The molecule has 0 saturated heterocycles. The van der Waals surface area contributed by atoms with Gasteiger partial charge in [-0.25, -0.2) is 4.98 Å². The van der Waals surface area contributed by atoms with Gasteiger partial charge in [-0.15, -0.1) is 11.3 Å². The zero-order chi connectivity index (χ0) is 24.7. The van der Waals surface area contributed by atoms with Crippen LogP contribution in [0.4, 0.5) is 0 Å². The fraction of sp³-hybridized carbons (Fsp3) is 0.231. The maximum atomic E-state index is 13.7. The van der Waals surface area contributed by atoms with E-state index < -0.39 is 0 Å². The number of hydrogen-bond acceptors (Lipinski definition) is 8. The van der Waals surface area contributed by atoms with Gasteiger partial charge in [0.15, 0.2) is 5.16 Å². The Kier molecular flexibility index (Phi) is 6.21. The third kappa shape index (κ3) is 4.26. The molecule has 5 rings (SSSR count). The van der Waals surface area contributed by atoms with Crippen LogP contribution in [0.25, 0.3) is 27.3 Å². The summed E-state index contributed by atoms with van der Waals surface area (Å²) in [4.78, 5) is 25.0. The van der Waals surface area contributed by atoms with E-state index in [0.29, 0.717) is 33.8 Å². The van der Waals surface area contributed by atoms with Gasteiger partial charge in [-0.05, 0) is 68.7 Å². The second-order valence-electron chi connectivity index (χ2n) is 8.27. The molecule has 0 amide bonds. The third-order valence-corrected chi connectivity index (χ3v) is 8.09. The fourth-order valence-electron chi connectivity index (χ4n) is 3.84. The van der Waals surface area contributed by atoms with Crippen molar-refractivity contribution in [3.8, 4) is 22.8 Å². The van der Waals surface area contributed by atoms with E-state index >= 15 is 0 Å². The zero-order valence-corrected chi connectivity index (χ0v) is 21.7. The van der Waals surface area contributed by atoms with Crippen LogP contribution in [0.15, 0.2) is 56.9 Å². The van der Waals surface area contributed by atoms with E-state index in [1.807, 2.05) is 63.2 Å². The van der Waals surface area contributed by atoms with Crippen LogP contribution in [0.2, 0.25) is 0 Å². The van der Waals surface area contributed by atoms with Crippen molar-refractivity contribution < 1.29 is 9.26 Å². The van der Waals surface area contributed by atoms with Crippen LogP contribution in [0.1, 0.15) is 27.5 Å². The van der Waals surface area contributed by atoms with Gasteiger partial charge >= 0.3 is 0 Å². The summed E-state index contributed by atoms with van der Waals surface area (Å²) >= 11 is 2.94. The molecule has 9 heteroatoms. The van der Waals surface area contributed by atoms with Gasteiger partial charge in [0, 0.05) is 4.88 Å². The van der Waals surface area contributed by atoms with Crippen molar-refractivity contribution in [3.05, 3.63) is 80.3 Å². The van der Waals surface area contributed by atoms with Gasteiger partial charge in [0.1, 0.15) is 10.6 Å². The lowest BCUT2D eigenvalue weighted by atomic mass is 10.1. The highest BCUT2D eigenvalue weighted by molar-refractivity contribution is 7.98. The summed E-state index contributed by atoms with van der Waals surface area (Å²) in [7, 11) is 1.61. The van der Waals surface area contributed by atoms with Crippen LogP contribution in [-0.4, -0.2) is 26.8 Å². The van der Waals surface area contributed by atoms with Crippen molar-refractivity contribution >= 4 is 33.3 Å². The number of ether oxygens (including phenoxy) is 1. The minimum Gasteiger partial charge on any atom is -0.496 e. The molecule has 35 heavy (non-hydrogen) atoms. The standard InChI is InChI=1S/C26H24N4O3S2/c1-14-10-11-18(12-15(14)2)30-25(31)22-16(3)17(4)35-24(22)28-26(30)34-13-21-27-23(29-33-21)19-8-6-7-9-20(19)32-5/h6-12H,13H2,1-5H3. The normalized spacial score (nSPS) is 11.3. The maximum absolute atomic E-state index is 13.7. The van der Waals surface area contributed by atoms with Crippen LogP contribution in [0.3, 0.4) is 0 Å². The van der Waals surface area contributed by atoms with Crippen LogP contribution >= 0.6 is 23.1 Å². The first kappa shape index (κ1) is 23.3. The van der Waals surface area contributed by atoms with E-state index in [-0.39, 0.29) is 5.56 Å². The number of aryl methyl sites for hydroxylation is 4. The summed E-state index contributed by atoms with van der Waals surface area (Å²) in [6.07, 6.45) is 0. The Labute approximate surface area is 210 Å². The first-order chi connectivity index (χ1) is 16.9. The van der Waals surface area contributed by atoms with E-state index in [9.17, 15) is 4.79 Å². The van der Waals surface area contributed by atoms with E-state index in [0.717, 1.165) is 32.1 Å². The topological polar surface area (TPSA) is 83.0 Å². The molecule has 5 aromatic rings. The van der Waals surface area contributed by atoms with E-state index in [2.05, 4.69) is 17.1 Å². The summed E-state index contributed by atoms with van der Waals surface area (Å²) < 4.78 is 12.6. The molecule has 178 valence electrons. The van der Waals surface area contributed by atoms with Crippen LogP contribution in [-0.2, 0) is 5.75 Å². The molecule has 0 radical (unpaired) electrons. The lowest BCUT2D eigenvalue weighted by Gasteiger charge is -2.13. The Bertz CT molecular complexity index is 1620. The molecule has 2 aromatic carbocycles. The fourth-order valence-corrected chi connectivity index (χ4v) is 5.76. The van der Waals surface area contributed by atoms with Gasteiger partial charge in [0.25, 0.3) is 5.56 Å². The Morgan fingerprint density at radius 1 is 1.06 bits per heavy atom. The molecule has 0 bridgehead atoms. The summed E-state index contributed by atoms with van der Waals surface area (Å²) in [5.74, 6) is 1.94. The second kappa shape index (κ2) is 9.31. The van der Waals surface area contributed by atoms with Crippen molar-refractivity contribution in [2.75, 3.05) is 7.11 Å². The molecule has 0 saturated carbocycles. The molecule has 3 heterocycles. The largest absolute Gasteiger partial charge is 0.496 e. The van der Waals surface area contributed by atoms with Crippen molar-refractivity contribution in [2.24, 2.45) is 0 Å². The quantitative estimate of drug-likeness (QED) is 0.206. The number of nitrogens with zero attached hydrogens (tertiary/aromatic N) is 4. The minimum absolute atomic E-state index is 0.0668. The first-order valence-electron chi connectivity index (χ1n) is 11.1. The Morgan fingerprint density at radius 3 is 2.63 bits per heavy atom. The Balaban J connectivity index is 1.55. The lowest BCUT2D eigenvalue weighted by Crippen LogP contribution is -2.21. The zero-order valence-electron chi connectivity index (χ0n) is 20.1. The molecule has 0 spiro atoms. The number of benzene rings is 2. The Morgan fingerprint density at radius 2 is 1.86 bits per heavy atom. The van der Waals surface area contributed by atoms with E-state index in [1.165, 1.54) is 17.3 Å². The Hall–Kier alpha value is -3.43. The van der Waals surface area contributed by atoms with E-state index in [4.69, 9.17) is 14.2 Å². The van der Waals surface area contributed by atoms with Crippen LogP contribution in [0.5, 0.6) is 5.75 Å². The number of hydrogen-bond donors (Lipinski definition) is 0. The highest BCUT2D eigenvalue weighted by Gasteiger charge is 2.20. The molecule has 0 N–H and O–H groups in total. The summed E-state index contributed by atoms with van der Waals surface area (Å²) in [6, 6.07) is 13.5. The molecule has 0 fully saturated rings. The molecule has 7 nitrogen and oxygen atoms in total. The predicted molar refractivity (Wildman–Crippen MR) is 140 cm³/mol. The van der Waals surface area contributed by atoms with Gasteiger partial charge in [-0.2, -0.15) is 4.98 Å². The number of thiophene rings is 1. The minimum atomic E-state index is -0.0668. The molecule has 0 aliphatic rings. The number of aromatic nitrogens is 4. The average molecular weight is 505 g/mol. The van der Waals surface area contributed by atoms with E-state index in [1.54, 1.807) is 23.0 Å². The maximum Gasteiger partial charge on any atom is 0.267 e. The molecule has 0 unspecified atom stereocenters. The van der Waals surface area contributed by atoms with Gasteiger partial charge in [0.2, 0.25) is 11.7 Å². The van der Waals surface area contributed by atoms with Gasteiger partial charge < -0.3 is 9.26 Å². The molecule has 3 aromatic heterocycles. The highest BCUT2D eigenvalue weighted by Crippen LogP contribution is 2.32. The SMILES string of the molecule is COc1ccccc1-c1noc(CSc2nc3sc(C)c(C)c3c(=O)n2-c2ccc(C)c(C)c2)n1. The smallest absolute Gasteiger partial charge is 0.267 e. The highest BCUT2D eigenvalue weighted by atomic mass is 32.2. The van der Waals surface area contributed by atoms with Crippen molar-refractivity contribution in [1.82, 2.24) is 19.7 Å². The first-order valence-corrected chi connectivity index (χ1v) is 12.9. The lowest BCUT2D eigenvalue weighted by molar-refractivity contribution is 0.390. The molecule has 0 aliphatic heterocycles. The van der Waals surface area contributed by atoms with Crippen molar-refractivity contribution in [1.29, 1.82) is 0 Å². The second-order valence-corrected chi connectivity index (χ2v) is 10.4. The van der Waals surface area contributed by atoms with Gasteiger partial charge in [-0.1, -0.05) is 35.1 Å². The summed E-state index contributed by atoms with van der Waals surface area (Å²) in [5.41, 5.74) is 4.74. The van der Waals surface area contributed by atoms with Gasteiger partial charge in [0.05, 0.1) is 29.5 Å². The van der Waals surface area contributed by atoms with Crippen LogP contribution < -0.4 is 10.3 Å². The van der Waals surface area contributed by atoms with Crippen molar-refractivity contribution in [3.63, 3.8) is 0 Å². The average Bonchev–Trinajstić information content (AvgIpc) is 3.44. The number of fused-ring (bicyclic) bond motifs is 1. The van der Waals surface area contributed by atoms with Crippen molar-refractivity contribution in [2.45, 2.75) is 38.6 Å². The monoisotopic (exact) mass is 504 g/mol. The number of methoxy groups -OCH3 is 1. The van der Waals surface area contributed by atoms with Crippen LogP contribution in [0, 0.1) is 27.7 Å². The summed E-state index contributed by atoms with van der Waals surface area (Å²) in [5, 5.41) is 5.38. The molecular formula is C26H24N4O3S2. The molecule has 0 aliphatic carbocycles. The number of para-hydroxylation sites is 1. The number of thioether (sulfide) groups is 1. The molecular weight excluding hydrogens is 480 g/mol.